The molecule has 0 bridgehead atoms. The fourth-order valence-corrected chi connectivity index (χ4v) is 5.30. The molecule has 7 heteroatoms. The third-order valence-electron chi connectivity index (χ3n) is 7.16. The van der Waals surface area contributed by atoms with Gasteiger partial charge in [-0.3, -0.25) is 19.8 Å². The zero-order chi connectivity index (χ0) is 23.9. The maximum absolute atomic E-state index is 14.3. The van der Waals surface area contributed by atoms with Gasteiger partial charge in [0.15, 0.2) is 0 Å². The van der Waals surface area contributed by atoms with Crippen LogP contribution in [0.1, 0.15) is 39.9 Å². The number of carbonyl (C=O) groups excluding carboxylic acids is 1. The van der Waals surface area contributed by atoms with E-state index < -0.39 is 4.92 Å². The van der Waals surface area contributed by atoms with E-state index in [-0.39, 0.29) is 22.8 Å². The molecule has 1 amide bonds. The molecule has 3 aromatic carbocycles. The molecular formula is C27H26FN3O3. The Bertz CT molecular complexity index is 1250. The summed E-state index contributed by atoms with van der Waals surface area (Å²) in [5, 5.41) is 10.9. The summed E-state index contributed by atoms with van der Waals surface area (Å²) in [5.74, 6) is -0.335. The first-order valence-corrected chi connectivity index (χ1v) is 11.5. The summed E-state index contributed by atoms with van der Waals surface area (Å²) in [6.45, 7) is 4.82. The highest BCUT2D eigenvalue weighted by Gasteiger charge is 2.46. The van der Waals surface area contributed by atoms with E-state index in [0.717, 1.165) is 48.3 Å². The van der Waals surface area contributed by atoms with Gasteiger partial charge in [0, 0.05) is 41.9 Å². The molecule has 174 valence electrons. The largest absolute Gasteiger partial charge is 0.307 e. The lowest BCUT2D eigenvalue weighted by atomic mass is 9.74. The number of nitro benzene ring substituents is 1. The van der Waals surface area contributed by atoms with E-state index in [1.807, 2.05) is 36.1 Å². The number of piperidine rings is 1. The molecule has 2 aliphatic heterocycles. The Morgan fingerprint density at radius 2 is 1.79 bits per heavy atom. The summed E-state index contributed by atoms with van der Waals surface area (Å²) in [5.41, 5.74) is 4.23. The minimum Gasteiger partial charge on any atom is -0.307 e. The van der Waals surface area contributed by atoms with Crippen molar-refractivity contribution in [2.45, 2.75) is 31.7 Å². The Balaban J connectivity index is 1.35. The van der Waals surface area contributed by atoms with E-state index in [9.17, 15) is 19.3 Å². The van der Waals surface area contributed by atoms with E-state index in [2.05, 4.69) is 4.90 Å². The van der Waals surface area contributed by atoms with Crippen molar-refractivity contribution in [1.82, 2.24) is 4.90 Å². The molecule has 0 radical (unpaired) electrons. The quantitative estimate of drug-likeness (QED) is 0.396. The zero-order valence-corrected chi connectivity index (χ0v) is 19.0. The lowest BCUT2D eigenvalue weighted by Gasteiger charge is -2.40. The number of nitrogens with zero attached hydrogens (tertiary/aromatic N) is 3. The third kappa shape index (κ3) is 4.07. The van der Waals surface area contributed by atoms with Gasteiger partial charge in [0.25, 0.3) is 11.6 Å². The Labute approximate surface area is 197 Å². The number of non-ortho nitro benzene ring substituents is 1. The second kappa shape index (κ2) is 8.65. The normalized spacial score (nSPS) is 17.1. The first kappa shape index (κ1) is 22.2. The molecule has 0 atom stereocenters. The predicted molar refractivity (Wildman–Crippen MR) is 129 cm³/mol. The van der Waals surface area contributed by atoms with Gasteiger partial charge in [-0.1, -0.05) is 29.8 Å². The Morgan fingerprint density at radius 3 is 2.47 bits per heavy atom. The van der Waals surface area contributed by atoms with Crippen molar-refractivity contribution in [3.8, 4) is 0 Å². The number of carbonyl (C=O) groups is 1. The van der Waals surface area contributed by atoms with Gasteiger partial charge in [-0.05, 0) is 74.3 Å². The number of aryl methyl sites for hydroxylation is 1. The van der Waals surface area contributed by atoms with Crippen LogP contribution in [-0.2, 0) is 12.0 Å². The van der Waals surface area contributed by atoms with Gasteiger partial charge in [-0.25, -0.2) is 4.39 Å². The first-order chi connectivity index (χ1) is 16.3. The summed E-state index contributed by atoms with van der Waals surface area (Å²) in [7, 11) is 0. The van der Waals surface area contributed by atoms with Crippen molar-refractivity contribution < 1.29 is 14.1 Å². The Morgan fingerprint density at radius 1 is 1.06 bits per heavy atom. The van der Waals surface area contributed by atoms with Gasteiger partial charge in [0.05, 0.1) is 4.92 Å². The zero-order valence-electron chi connectivity index (χ0n) is 19.0. The van der Waals surface area contributed by atoms with Crippen LogP contribution in [-0.4, -0.2) is 35.4 Å². The lowest BCUT2D eigenvalue weighted by molar-refractivity contribution is -0.384. The van der Waals surface area contributed by atoms with Crippen molar-refractivity contribution in [2.24, 2.45) is 0 Å². The summed E-state index contributed by atoms with van der Waals surface area (Å²) >= 11 is 0. The molecule has 0 aromatic heterocycles. The Kier molecular flexibility index (Phi) is 5.65. The standard InChI is InChI=1S/C27H26FN3O3/c1-19-3-2-4-21(15-19)26(32)30-18-27(24-16-22(28)7-10-25(24)30)11-13-29(14-12-27)17-20-5-8-23(9-6-20)31(33)34/h2-10,15-16H,11-14,17-18H2,1H3. The highest BCUT2D eigenvalue weighted by Crippen LogP contribution is 2.48. The van der Waals surface area contributed by atoms with Gasteiger partial charge in [0.2, 0.25) is 0 Å². The molecule has 1 spiro atoms. The number of nitro groups is 1. The molecule has 0 N–H and O–H groups in total. The second-order valence-corrected chi connectivity index (χ2v) is 9.40. The summed E-state index contributed by atoms with van der Waals surface area (Å²) in [6, 6.07) is 19.0. The van der Waals surface area contributed by atoms with E-state index in [0.29, 0.717) is 18.7 Å². The van der Waals surface area contributed by atoms with E-state index >= 15 is 0 Å². The first-order valence-electron chi connectivity index (χ1n) is 11.5. The number of hydrogen-bond donors (Lipinski definition) is 0. The fourth-order valence-electron chi connectivity index (χ4n) is 5.30. The van der Waals surface area contributed by atoms with Crippen LogP contribution < -0.4 is 4.90 Å². The van der Waals surface area contributed by atoms with Crippen molar-refractivity contribution in [2.75, 3.05) is 24.5 Å². The van der Waals surface area contributed by atoms with Gasteiger partial charge >= 0.3 is 0 Å². The molecule has 1 fully saturated rings. The SMILES string of the molecule is Cc1cccc(C(=O)N2CC3(CCN(Cc4ccc([N+](=O)[O-])cc4)CC3)c3cc(F)ccc32)c1. The van der Waals surface area contributed by atoms with Crippen LogP contribution in [0.25, 0.3) is 0 Å². The van der Waals surface area contributed by atoms with Crippen molar-refractivity contribution in [3.05, 3.63) is 105 Å². The molecule has 5 rings (SSSR count). The number of benzene rings is 3. The maximum atomic E-state index is 14.3. The molecule has 3 aromatic rings. The summed E-state index contributed by atoms with van der Waals surface area (Å²) < 4.78 is 14.3. The van der Waals surface area contributed by atoms with Gasteiger partial charge < -0.3 is 4.90 Å². The van der Waals surface area contributed by atoms with Crippen LogP contribution in [0, 0.1) is 22.9 Å². The monoisotopic (exact) mass is 459 g/mol. The number of fused-ring (bicyclic) bond motifs is 2. The number of anilines is 1. The van der Waals surface area contributed by atoms with Crippen molar-refractivity contribution in [1.29, 1.82) is 0 Å². The Hall–Kier alpha value is -3.58. The van der Waals surface area contributed by atoms with Crippen LogP contribution in [0.3, 0.4) is 0 Å². The molecule has 0 unspecified atom stereocenters. The lowest BCUT2D eigenvalue weighted by Crippen LogP contribution is -2.45. The minimum atomic E-state index is -0.394. The van der Waals surface area contributed by atoms with Crippen LogP contribution in [0.15, 0.2) is 66.7 Å². The molecule has 0 aliphatic carbocycles. The van der Waals surface area contributed by atoms with E-state index in [1.54, 1.807) is 24.3 Å². The minimum absolute atomic E-state index is 0.0539. The molecule has 0 saturated carbocycles. The predicted octanol–water partition coefficient (Wildman–Crippen LogP) is 5.24. The smallest absolute Gasteiger partial charge is 0.269 e. The molecular weight excluding hydrogens is 433 g/mol. The number of likely N-dealkylation sites (tertiary alicyclic amines) is 1. The average molecular weight is 460 g/mol. The van der Waals surface area contributed by atoms with Crippen LogP contribution in [0.4, 0.5) is 15.8 Å². The maximum Gasteiger partial charge on any atom is 0.269 e. The second-order valence-electron chi connectivity index (χ2n) is 9.40. The van der Waals surface area contributed by atoms with Crippen LogP contribution >= 0.6 is 0 Å². The third-order valence-corrected chi connectivity index (χ3v) is 7.16. The molecule has 2 heterocycles. The molecule has 2 aliphatic rings. The highest BCUT2D eigenvalue weighted by molar-refractivity contribution is 6.07. The molecule has 1 saturated heterocycles. The van der Waals surface area contributed by atoms with Crippen molar-refractivity contribution >= 4 is 17.3 Å². The summed E-state index contributed by atoms with van der Waals surface area (Å²) in [4.78, 5) is 28.1. The highest BCUT2D eigenvalue weighted by atomic mass is 19.1. The van der Waals surface area contributed by atoms with Crippen LogP contribution in [0.2, 0.25) is 0 Å². The molecule has 6 nitrogen and oxygen atoms in total. The number of rotatable bonds is 4. The fraction of sp³-hybridized carbons (Fsp3) is 0.296. The van der Waals surface area contributed by atoms with E-state index in [4.69, 9.17) is 0 Å². The van der Waals surface area contributed by atoms with Gasteiger partial charge in [-0.15, -0.1) is 0 Å². The number of halogens is 1. The summed E-state index contributed by atoms with van der Waals surface area (Å²) in [6.07, 6.45) is 1.63. The van der Waals surface area contributed by atoms with Gasteiger partial charge in [-0.2, -0.15) is 0 Å². The van der Waals surface area contributed by atoms with Crippen molar-refractivity contribution in [3.63, 3.8) is 0 Å². The number of hydrogen-bond acceptors (Lipinski definition) is 4. The average Bonchev–Trinajstić information content (AvgIpc) is 3.13. The topological polar surface area (TPSA) is 66.7 Å². The molecule has 34 heavy (non-hydrogen) atoms. The van der Waals surface area contributed by atoms with Gasteiger partial charge in [0.1, 0.15) is 5.82 Å². The van der Waals surface area contributed by atoms with Crippen LogP contribution in [0.5, 0.6) is 0 Å². The van der Waals surface area contributed by atoms with E-state index in [1.165, 1.54) is 18.2 Å². The number of amides is 1.